The zero-order valence-electron chi connectivity index (χ0n) is 12.4. The predicted octanol–water partition coefficient (Wildman–Crippen LogP) is 3.56. The number of alkyl halides is 3. The van der Waals surface area contributed by atoms with Crippen molar-refractivity contribution in [3.05, 3.63) is 64.2 Å². The number of carboxylic acid groups (broad SMARTS) is 1. The molecule has 1 aliphatic rings. The number of fused-ring (bicyclic) bond motifs is 1. The molecule has 132 valence electrons. The zero-order valence-corrected chi connectivity index (χ0v) is 13.2. The molecule has 25 heavy (non-hydrogen) atoms. The quantitative estimate of drug-likeness (QED) is 0.857. The fraction of sp³-hybridized carbons (Fsp3) is 0.188. The number of hydroxylamine groups is 1. The molecule has 9 heteroatoms. The Morgan fingerprint density at radius 2 is 2.00 bits per heavy atom. The van der Waals surface area contributed by atoms with Crippen LogP contribution in [0.25, 0.3) is 0 Å². The molecule has 0 saturated heterocycles. The van der Waals surface area contributed by atoms with Crippen molar-refractivity contribution in [2.24, 2.45) is 0 Å². The maximum Gasteiger partial charge on any atom is 0.416 e. The van der Waals surface area contributed by atoms with Gasteiger partial charge in [0.05, 0.1) is 16.1 Å². The smallest absolute Gasteiger partial charge is 0.416 e. The summed E-state index contributed by atoms with van der Waals surface area (Å²) < 4.78 is 44.6. The maximum atomic E-state index is 13.0. The van der Waals surface area contributed by atoms with Crippen molar-refractivity contribution in [2.75, 3.05) is 6.61 Å². The van der Waals surface area contributed by atoms with E-state index in [1.807, 2.05) is 0 Å². The average Bonchev–Trinajstić information content (AvgIpc) is 2.94. The van der Waals surface area contributed by atoms with Gasteiger partial charge in [-0.05, 0) is 18.2 Å². The number of carbonyl (C=O) groups is 1. The molecule has 1 atom stereocenters. The van der Waals surface area contributed by atoms with Gasteiger partial charge in [0.25, 0.3) is 0 Å². The molecular weight excluding hydrogens is 363 g/mol. The number of hydrogen-bond donors (Lipinski definition) is 2. The minimum atomic E-state index is -4.57. The summed E-state index contributed by atoms with van der Waals surface area (Å²) in [5, 5.41) is 9.13. The third-order valence-electron chi connectivity index (χ3n) is 3.65. The van der Waals surface area contributed by atoms with Gasteiger partial charge in [0.2, 0.25) is 5.72 Å². The van der Waals surface area contributed by atoms with E-state index in [4.69, 9.17) is 26.3 Å². The van der Waals surface area contributed by atoms with Crippen molar-refractivity contribution in [3.8, 4) is 5.75 Å². The first-order valence-corrected chi connectivity index (χ1v) is 7.38. The summed E-state index contributed by atoms with van der Waals surface area (Å²) in [6.45, 7) is -0.765. The molecule has 0 saturated carbocycles. The van der Waals surface area contributed by atoms with Crippen LogP contribution < -0.4 is 10.3 Å². The first-order chi connectivity index (χ1) is 11.7. The number of aliphatic carboxylic acids is 1. The molecule has 2 aromatic rings. The normalized spacial score (nSPS) is 19.4. The fourth-order valence-electron chi connectivity index (χ4n) is 2.56. The van der Waals surface area contributed by atoms with Crippen molar-refractivity contribution in [1.82, 2.24) is 5.48 Å². The molecule has 3 rings (SSSR count). The van der Waals surface area contributed by atoms with E-state index in [1.54, 1.807) is 6.07 Å². The Morgan fingerprint density at radius 3 is 2.68 bits per heavy atom. The number of halogens is 4. The van der Waals surface area contributed by atoms with Gasteiger partial charge in [-0.2, -0.15) is 13.2 Å². The van der Waals surface area contributed by atoms with Crippen molar-refractivity contribution < 1.29 is 32.6 Å². The van der Waals surface area contributed by atoms with E-state index >= 15 is 0 Å². The van der Waals surface area contributed by atoms with Crippen LogP contribution in [-0.4, -0.2) is 17.7 Å². The highest BCUT2D eigenvalue weighted by molar-refractivity contribution is 6.32. The molecule has 0 bridgehead atoms. The lowest BCUT2D eigenvalue weighted by molar-refractivity contribution is -0.154. The molecule has 1 aliphatic heterocycles. The van der Waals surface area contributed by atoms with Crippen LogP contribution in [-0.2, 0) is 21.4 Å². The second-order valence-corrected chi connectivity index (χ2v) is 5.67. The van der Waals surface area contributed by atoms with E-state index in [1.165, 1.54) is 24.3 Å². The van der Waals surface area contributed by atoms with Crippen LogP contribution in [0.15, 0.2) is 42.5 Å². The number of nitrogens with one attached hydrogen (secondary N) is 1. The molecule has 1 unspecified atom stereocenters. The van der Waals surface area contributed by atoms with E-state index in [-0.39, 0.29) is 21.9 Å². The number of hydrogen-bond acceptors (Lipinski definition) is 4. The Kier molecular flexibility index (Phi) is 4.36. The summed E-state index contributed by atoms with van der Waals surface area (Å²) in [5.74, 6) is -1.13. The van der Waals surface area contributed by atoms with E-state index in [0.29, 0.717) is 0 Å². The molecule has 0 spiro atoms. The molecule has 0 radical (unpaired) electrons. The van der Waals surface area contributed by atoms with Gasteiger partial charge >= 0.3 is 12.1 Å². The Labute approximate surface area is 144 Å². The topological polar surface area (TPSA) is 67.8 Å². The van der Waals surface area contributed by atoms with Crippen LogP contribution in [0.3, 0.4) is 0 Å². The number of para-hydroxylation sites is 1. The number of benzene rings is 2. The zero-order chi connectivity index (χ0) is 18.2. The molecule has 0 aliphatic carbocycles. The first-order valence-electron chi connectivity index (χ1n) is 7.00. The van der Waals surface area contributed by atoms with Crippen molar-refractivity contribution in [1.29, 1.82) is 0 Å². The van der Waals surface area contributed by atoms with E-state index in [2.05, 4.69) is 5.48 Å². The molecule has 0 fully saturated rings. The lowest BCUT2D eigenvalue weighted by atomic mass is 9.93. The summed E-state index contributed by atoms with van der Waals surface area (Å²) in [6.07, 6.45) is -4.57. The van der Waals surface area contributed by atoms with E-state index < -0.39 is 30.0 Å². The summed E-state index contributed by atoms with van der Waals surface area (Å²) in [4.78, 5) is 16.2. The van der Waals surface area contributed by atoms with E-state index in [0.717, 1.165) is 12.1 Å². The molecule has 0 aromatic heterocycles. The summed E-state index contributed by atoms with van der Waals surface area (Å²) in [6, 6.07) is 8.98. The Morgan fingerprint density at radius 1 is 1.28 bits per heavy atom. The van der Waals surface area contributed by atoms with Crippen molar-refractivity contribution in [2.45, 2.75) is 11.9 Å². The monoisotopic (exact) mass is 373 g/mol. The maximum absolute atomic E-state index is 13.0. The predicted molar refractivity (Wildman–Crippen MR) is 81.0 cm³/mol. The van der Waals surface area contributed by atoms with Gasteiger partial charge in [-0.1, -0.05) is 35.9 Å². The SMILES string of the molecule is O=C(O)COC1(c2cccc(C(F)(F)F)c2)NOc2c(Cl)cccc21. The minimum absolute atomic E-state index is 0.0320. The fourth-order valence-corrected chi connectivity index (χ4v) is 2.77. The van der Waals surface area contributed by atoms with Gasteiger partial charge in [0.15, 0.2) is 5.75 Å². The number of carboxylic acids is 1. The standard InChI is InChI=1S/C16H11ClF3NO4/c17-12-6-2-5-11-14(12)25-21-15(11,24-8-13(22)23)9-3-1-4-10(7-9)16(18,19)20/h1-7,21H,8H2,(H,22,23). The highest BCUT2D eigenvalue weighted by Gasteiger charge is 2.46. The van der Waals surface area contributed by atoms with Gasteiger partial charge in [-0.3, -0.25) is 0 Å². The number of rotatable bonds is 4. The minimum Gasteiger partial charge on any atom is -0.480 e. The van der Waals surface area contributed by atoms with Crippen LogP contribution in [0.4, 0.5) is 13.2 Å². The Bertz CT molecular complexity index is 827. The van der Waals surface area contributed by atoms with E-state index in [9.17, 15) is 18.0 Å². The highest BCUT2D eigenvalue weighted by atomic mass is 35.5. The average molecular weight is 374 g/mol. The Balaban J connectivity index is 2.16. The largest absolute Gasteiger partial charge is 0.480 e. The van der Waals surface area contributed by atoms with Crippen LogP contribution in [0, 0.1) is 0 Å². The highest BCUT2D eigenvalue weighted by Crippen LogP contribution is 2.45. The first kappa shape index (κ1) is 17.5. The molecule has 2 N–H and O–H groups in total. The number of ether oxygens (including phenoxy) is 1. The van der Waals surface area contributed by atoms with Gasteiger partial charge in [0.1, 0.15) is 6.61 Å². The van der Waals surface area contributed by atoms with Crippen LogP contribution in [0.5, 0.6) is 5.75 Å². The van der Waals surface area contributed by atoms with Crippen LogP contribution in [0.2, 0.25) is 5.02 Å². The second-order valence-electron chi connectivity index (χ2n) is 5.26. The van der Waals surface area contributed by atoms with Crippen molar-refractivity contribution >= 4 is 17.6 Å². The summed E-state index contributed by atoms with van der Waals surface area (Å²) in [5.41, 5.74) is 0.161. The lowest BCUT2D eigenvalue weighted by Gasteiger charge is -2.28. The van der Waals surface area contributed by atoms with Crippen LogP contribution >= 0.6 is 11.6 Å². The summed E-state index contributed by atoms with van der Waals surface area (Å²) in [7, 11) is 0. The molecule has 0 amide bonds. The van der Waals surface area contributed by atoms with Crippen molar-refractivity contribution in [3.63, 3.8) is 0 Å². The third-order valence-corrected chi connectivity index (χ3v) is 3.95. The molecule has 5 nitrogen and oxygen atoms in total. The van der Waals surface area contributed by atoms with Gasteiger partial charge in [-0.25, -0.2) is 4.79 Å². The molecule has 2 aromatic carbocycles. The summed E-state index contributed by atoms with van der Waals surface area (Å²) >= 11 is 6.03. The van der Waals surface area contributed by atoms with Gasteiger partial charge in [-0.15, -0.1) is 5.48 Å². The third kappa shape index (κ3) is 3.15. The molecule has 1 heterocycles. The van der Waals surface area contributed by atoms with Crippen LogP contribution in [0.1, 0.15) is 16.7 Å². The van der Waals surface area contributed by atoms with Gasteiger partial charge in [0, 0.05) is 5.56 Å². The lowest BCUT2D eigenvalue weighted by Crippen LogP contribution is -2.44. The molecular formula is C16H11ClF3NO4. The Hall–Kier alpha value is -2.29. The van der Waals surface area contributed by atoms with Gasteiger partial charge < -0.3 is 14.7 Å². The second kappa shape index (κ2) is 6.21.